The summed E-state index contributed by atoms with van der Waals surface area (Å²) in [5.74, 6) is -1.09. The van der Waals surface area contributed by atoms with Crippen molar-refractivity contribution in [3.8, 4) is 11.5 Å². The summed E-state index contributed by atoms with van der Waals surface area (Å²) < 4.78 is 15.4. The zero-order valence-corrected chi connectivity index (χ0v) is 21.3. The number of fused-ring (bicyclic) bond motifs is 5. The standard InChI is InChI=1S/C22H24Br2N2O7/c1-31-10-3-4-14(32-2)13(7-10)25-15(27)9-33-16(28)5-6-26-21(29)17-11-8-12(18(17)22(26)30)20(24)19(11)23/h3-4,7,11-12,17-20H,5-6,8-9H2,1-2H3,(H,25,27)/t11-,12-,17-,18+,19-,20+/m1/s1. The summed E-state index contributed by atoms with van der Waals surface area (Å²) in [6.07, 6.45) is 0.680. The van der Waals surface area contributed by atoms with E-state index in [1.165, 1.54) is 19.1 Å². The number of carbonyl (C=O) groups excluding carboxylic acids is 4. The molecule has 1 saturated heterocycles. The number of methoxy groups -OCH3 is 2. The Morgan fingerprint density at radius 1 is 1.06 bits per heavy atom. The van der Waals surface area contributed by atoms with Crippen molar-refractivity contribution in [1.82, 2.24) is 4.90 Å². The van der Waals surface area contributed by atoms with Crippen molar-refractivity contribution < 1.29 is 33.4 Å². The molecule has 2 saturated carbocycles. The highest BCUT2D eigenvalue weighted by Crippen LogP contribution is 2.60. The summed E-state index contributed by atoms with van der Waals surface area (Å²) in [7, 11) is 2.97. The maximum absolute atomic E-state index is 12.9. The molecule has 0 aromatic heterocycles. The monoisotopic (exact) mass is 586 g/mol. The molecular formula is C22H24Br2N2O7. The van der Waals surface area contributed by atoms with Crippen LogP contribution in [0.15, 0.2) is 18.2 Å². The Labute approximate surface area is 207 Å². The molecule has 0 unspecified atom stereocenters. The van der Waals surface area contributed by atoms with Crippen molar-refractivity contribution in [1.29, 1.82) is 0 Å². The minimum Gasteiger partial charge on any atom is -0.497 e. The number of carbonyl (C=O) groups is 4. The summed E-state index contributed by atoms with van der Waals surface area (Å²) in [5, 5.41) is 2.61. The van der Waals surface area contributed by atoms with Gasteiger partial charge >= 0.3 is 5.97 Å². The first kappa shape index (κ1) is 24.0. The second-order valence-corrected chi connectivity index (χ2v) is 10.5. The Bertz CT molecular complexity index is 955. The molecule has 1 aromatic rings. The summed E-state index contributed by atoms with van der Waals surface area (Å²) >= 11 is 7.29. The van der Waals surface area contributed by atoms with Crippen LogP contribution in [-0.2, 0) is 23.9 Å². The number of amides is 3. The average Bonchev–Trinajstić information content (AvgIpc) is 3.41. The van der Waals surface area contributed by atoms with Gasteiger partial charge in [-0.25, -0.2) is 0 Å². The number of esters is 1. The first-order valence-corrected chi connectivity index (χ1v) is 12.4. The quantitative estimate of drug-likeness (QED) is 0.282. The van der Waals surface area contributed by atoms with Gasteiger partial charge in [-0.05, 0) is 30.4 Å². The van der Waals surface area contributed by atoms with Crippen LogP contribution in [0, 0.1) is 23.7 Å². The van der Waals surface area contributed by atoms with E-state index in [9.17, 15) is 19.2 Å². The number of ether oxygens (including phenoxy) is 3. The molecule has 2 bridgehead atoms. The maximum atomic E-state index is 12.9. The van der Waals surface area contributed by atoms with Crippen molar-refractivity contribution in [3.63, 3.8) is 0 Å². The fourth-order valence-corrected chi connectivity index (χ4v) is 7.02. The second kappa shape index (κ2) is 9.61. The Hall–Kier alpha value is -2.14. The molecule has 9 nitrogen and oxygen atoms in total. The number of anilines is 1. The number of benzene rings is 1. The molecule has 4 rings (SSSR count). The van der Waals surface area contributed by atoms with E-state index in [2.05, 4.69) is 37.2 Å². The smallest absolute Gasteiger partial charge is 0.308 e. The molecule has 1 aliphatic heterocycles. The Balaban J connectivity index is 1.27. The average molecular weight is 588 g/mol. The van der Waals surface area contributed by atoms with Crippen LogP contribution in [0.4, 0.5) is 5.69 Å². The SMILES string of the molecule is COc1ccc(OC)c(NC(=O)COC(=O)CCN2C(=O)[C@@H]3[C@H]4C[C@@H]([C@H](Br)[C@@H]4Br)[C@@H]3C2=O)c1. The van der Waals surface area contributed by atoms with Gasteiger partial charge in [0.05, 0.1) is 38.2 Å². The highest BCUT2D eigenvalue weighted by atomic mass is 79.9. The van der Waals surface area contributed by atoms with E-state index in [4.69, 9.17) is 14.2 Å². The zero-order chi connectivity index (χ0) is 23.9. The Morgan fingerprint density at radius 3 is 2.27 bits per heavy atom. The molecule has 3 fully saturated rings. The van der Waals surface area contributed by atoms with Crippen LogP contribution in [0.25, 0.3) is 0 Å². The van der Waals surface area contributed by atoms with Gasteiger partial charge in [-0.1, -0.05) is 31.9 Å². The first-order valence-electron chi connectivity index (χ1n) is 10.6. The van der Waals surface area contributed by atoms with Crippen molar-refractivity contribution in [2.75, 3.05) is 32.7 Å². The van der Waals surface area contributed by atoms with Gasteiger partial charge in [0.1, 0.15) is 11.5 Å². The molecular weight excluding hydrogens is 564 g/mol. The van der Waals surface area contributed by atoms with Gasteiger partial charge in [-0.15, -0.1) is 0 Å². The van der Waals surface area contributed by atoms with Crippen molar-refractivity contribution in [2.45, 2.75) is 22.5 Å². The normalized spacial score (nSPS) is 29.8. The predicted octanol–water partition coefficient (Wildman–Crippen LogP) is 2.35. The number of halogens is 2. The van der Waals surface area contributed by atoms with Gasteiger partial charge in [-0.2, -0.15) is 0 Å². The topological polar surface area (TPSA) is 111 Å². The number of imide groups is 1. The number of hydrogen-bond acceptors (Lipinski definition) is 7. The third-order valence-electron chi connectivity index (χ3n) is 6.66. The van der Waals surface area contributed by atoms with Crippen LogP contribution < -0.4 is 14.8 Å². The number of rotatable bonds is 8. The first-order chi connectivity index (χ1) is 15.8. The second-order valence-electron chi connectivity index (χ2n) is 8.36. The van der Waals surface area contributed by atoms with Crippen LogP contribution in [0.1, 0.15) is 12.8 Å². The van der Waals surface area contributed by atoms with E-state index in [1.54, 1.807) is 18.2 Å². The van der Waals surface area contributed by atoms with Crippen molar-refractivity contribution in [3.05, 3.63) is 18.2 Å². The molecule has 11 heteroatoms. The van der Waals surface area contributed by atoms with Crippen LogP contribution in [-0.4, -0.2) is 65.6 Å². The van der Waals surface area contributed by atoms with E-state index in [0.29, 0.717) is 17.2 Å². The van der Waals surface area contributed by atoms with Crippen molar-refractivity contribution in [2.24, 2.45) is 23.7 Å². The molecule has 3 aliphatic rings. The van der Waals surface area contributed by atoms with Crippen LogP contribution in [0.5, 0.6) is 11.5 Å². The molecule has 1 aromatic carbocycles. The number of nitrogens with one attached hydrogen (secondary N) is 1. The molecule has 0 spiro atoms. The predicted molar refractivity (Wildman–Crippen MR) is 124 cm³/mol. The summed E-state index contributed by atoms with van der Waals surface area (Å²) in [4.78, 5) is 51.6. The Morgan fingerprint density at radius 2 is 1.70 bits per heavy atom. The fraction of sp³-hybridized carbons (Fsp3) is 0.545. The number of alkyl halides is 2. The highest BCUT2D eigenvalue weighted by Gasteiger charge is 2.66. The van der Waals surface area contributed by atoms with Crippen LogP contribution in [0.2, 0.25) is 0 Å². The lowest BCUT2D eigenvalue weighted by Gasteiger charge is -2.28. The van der Waals surface area contributed by atoms with Crippen LogP contribution >= 0.6 is 31.9 Å². The molecule has 3 amide bonds. The number of likely N-dealkylation sites (tertiary alicyclic amines) is 1. The van der Waals surface area contributed by atoms with E-state index < -0.39 is 18.5 Å². The van der Waals surface area contributed by atoms with Gasteiger partial charge in [0, 0.05) is 22.3 Å². The number of hydrogen-bond donors (Lipinski definition) is 1. The van der Waals surface area contributed by atoms with Gasteiger partial charge in [0.15, 0.2) is 6.61 Å². The van der Waals surface area contributed by atoms with E-state index in [-0.39, 0.29) is 58.1 Å². The molecule has 1 heterocycles. The van der Waals surface area contributed by atoms with Gasteiger partial charge < -0.3 is 19.5 Å². The molecule has 178 valence electrons. The minimum atomic E-state index is -0.667. The third kappa shape index (κ3) is 4.37. The largest absolute Gasteiger partial charge is 0.497 e. The van der Waals surface area contributed by atoms with E-state index in [0.717, 1.165) is 6.42 Å². The third-order valence-corrected chi connectivity index (χ3v) is 9.87. The van der Waals surface area contributed by atoms with E-state index in [1.807, 2.05) is 0 Å². The van der Waals surface area contributed by atoms with Gasteiger partial charge in [-0.3, -0.25) is 24.1 Å². The lowest BCUT2D eigenvalue weighted by atomic mass is 9.81. The summed E-state index contributed by atoms with van der Waals surface area (Å²) in [6.45, 7) is -0.554. The molecule has 6 atom stereocenters. The summed E-state index contributed by atoms with van der Waals surface area (Å²) in [6, 6.07) is 4.91. The lowest BCUT2D eigenvalue weighted by Crippen LogP contribution is -2.37. The Kier molecular flexibility index (Phi) is 6.99. The van der Waals surface area contributed by atoms with Crippen LogP contribution in [0.3, 0.4) is 0 Å². The van der Waals surface area contributed by atoms with Gasteiger partial charge in [0.2, 0.25) is 11.8 Å². The molecule has 2 aliphatic carbocycles. The number of nitrogens with zero attached hydrogens (tertiary/aromatic N) is 1. The summed E-state index contributed by atoms with van der Waals surface area (Å²) in [5.41, 5.74) is 0.377. The molecule has 33 heavy (non-hydrogen) atoms. The molecule has 0 radical (unpaired) electrons. The van der Waals surface area contributed by atoms with Gasteiger partial charge in [0.25, 0.3) is 5.91 Å². The van der Waals surface area contributed by atoms with E-state index >= 15 is 0 Å². The maximum Gasteiger partial charge on any atom is 0.308 e. The minimum absolute atomic E-state index is 0.0474. The lowest BCUT2D eigenvalue weighted by molar-refractivity contribution is -0.149. The highest BCUT2D eigenvalue weighted by molar-refractivity contribution is 9.12. The molecule has 1 N–H and O–H groups in total. The zero-order valence-electron chi connectivity index (χ0n) is 18.1. The fourth-order valence-electron chi connectivity index (χ4n) is 5.15. The van der Waals surface area contributed by atoms with Crippen molar-refractivity contribution >= 4 is 61.2 Å².